The molecule has 4 N–H and O–H groups in total. The topological polar surface area (TPSA) is 83.0 Å². The quantitative estimate of drug-likeness (QED) is 0.347. The SMILES string of the molecule is NC1=NC(O)N=CN1. The van der Waals surface area contributed by atoms with Gasteiger partial charge in [0.15, 0.2) is 5.96 Å². The van der Waals surface area contributed by atoms with Crippen LogP contribution in [0.15, 0.2) is 9.98 Å². The van der Waals surface area contributed by atoms with Crippen molar-refractivity contribution in [1.29, 1.82) is 0 Å². The normalized spacial score (nSPS) is 26.6. The lowest BCUT2D eigenvalue weighted by molar-refractivity contribution is 0.193. The molecule has 0 aromatic rings. The first-order valence-corrected chi connectivity index (χ1v) is 2.08. The van der Waals surface area contributed by atoms with E-state index < -0.39 is 6.35 Å². The molecule has 0 fully saturated rings. The van der Waals surface area contributed by atoms with E-state index in [-0.39, 0.29) is 5.96 Å². The van der Waals surface area contributed by atoms with Gasteiger partial charge in [-0.1, -0.05) is 0 Å². The summed E-state index contributed by atoms with van der Waals surface area (Å²) in [4.78, 5) is 6.86. The van der Waals surface area contributed by atoms with Gasteiger partial charge in [-0.3, -0.25) is 0 Å². The average Bonchev–Trinajstić information content (AvgIpc) is 1.64. The zero-order chi connectivity index (χ0) is 5.98. The molecule has 0 aromatic heterocycles. The molecule has 0 saturated heterocycles. The van der Waals surface area contributed by atoms with Crippen LogP contribution in [0.2, 0.25) is 0 Å². The molecule has 0 amide bonds. The van der Waals surface area contributed by atoms with Gasteiger partial charge < -0.3 is 16.2 Å². The molecule has 0 aliphatic carbocycles. The second-order valence-electron chi connectivity index (χ2n) is 1.28. The Labute approximate surface area is 45.9 Å². The van der Waals surface area contributed by atoms with E-state index in [1.165, 1.54) is 6.34 Å². The molecule has 0 bridgehead atoms. The molecule has 1 aliphatic heterocycles. The molecule has 44 valence electrons. The largest absolute Gasteiger partial charge is 0.370 e. The van der Waals surface area contributed by atoms with Gasteiger partial charge in [0.2, 0.25) is 6.35 Å². The highest BCUT2D eigenvalue weighted by molar-refractivity contribution is 5.90. The van der Waals surface area contributed by atoms with Gasteiger partial charge in [-0.2, -0.15) is 4.99 Å². The summed E-state index contributed by atoms with van der Waals surface area (Å²) in [5.41, 5.74) is 5.11. The van der Waals surface area contributed by atoms with Crippen LogP contribution in [0.4, 0.5) is 0 Å². The molecule has 1 atom stereocenters. The number of hydrogen-bond donors (Lipinski definition) is 3. The van der Waals surface area contributed by atoms with E-state index in [4.69, 9.17) is 10.8 Å². The average molecular weight is 114 g/mol. The zero-order valence-corrected chi connectivity index (χ0v) is 4.07. The number of aliphatic hydroxyl groups excluding tert-OH is 1. The summed E-state index contributed by atoms with van der Waals surface area (Å²) in [6.07, 6.45) is 0.281. The molecule has 1 rings (SSSR count). The Kier molecular flexibility index (Phi) is 1.13. The Morgan fingerprint density at radius 3 is 3.00 bits per heavy atom. The lowest BCUT2D eigenvalue weighted by Gasteiger charge is -2.06. The molecular formula is C3H6N4O. The van der Waals surface area contributed by atoms with Crippen LogP contribution in [0.25, 0.3) is 0 Å². The first-order valence-electron chi connectivity index (χ1n) is 2.08. The van der Waals surface area contributed by atoms with Gasteiger partial charge >= 0.3 is 0 Å². The minimum absolute atomic E-state index is 0.188. The maximum absolute atomic E-state index is 8.57. The van der Waals surface area contributed by atoms with Gasteiger partial charge in [0.1, 0.15) is 0 Å². The van der Waals surface area contributed by atoms with Gasteiger partial charge in [-0.15, -0.1) is 0 Å². The van der Waals surface area contributed by atoms with Crippen molar-refractivity contribution >= 4 is 12.3 Å². The van der Waals surface area contributed by atoms with E-state index in [1.807, 2.05) is 0 Å². The van der Waals surface area contributed by atoms with Crippen LogP contribution in [0.3, 0.4) is 0 Å². The highest BCUT2D eigenvalue weighted by Crippen LogP contribution is 1.86. The molecule has 1 heterocycles. The molecule has 0 spiro atoms. The van der Waals surface area contributed by atoms with E-state index in [2.05, 4.69) is 15.3 Å². The van der Waals surface area contributed by atoms with E-state index in [9.17, 15) is 0 Å². The Morgan fingerprint density at radius 2 is 2.62 bits per heavy atom. The highest BCUT2D eigenvalue weighted by Gasteiger charge is 2.00. The highest BCUT2D eigenvalue weighted by atomic mass is 16.3. The van der Waals surface area contributed by atoms with Crippen LogP contribution in [-0.2, 0) is 0 Å². The minimum Gasteiger partial charge on any atom is -0.370 e. The summed E-state index contributed by atoms with van der Waals surface area (Å²) < 4.78 is 0. The van der Waals surface area contributed by atoms with Crippen molar-refractivity contribution in [3.63, 3.8) is 0 Å². The molecule has 5 nitrogen and oxygen atoms in total. The predicted molar refractivity (Wildman–Crippen MR) is 29.3 cm³/mol. The molecule has 0 radical (unpaired) electrons. The van der Waals surface area contributed by atoms with Gasteiger partial charge in [-0.25, -0.2) is 4.99 Å². The van der Waals surface area contributed by atoms with E-state index in [1.54, 1.807) is 0 Å². The molecule has 0 aromatic carbocycles. The van der Waals surface area contributed by atoms with Crippen molar-refractivity contribution in [2.24, 2.45) is 15.7 Å². The van der Waals surface area contributed by atoms with Gasteiger partial charge in [0.05, 0.1) is 6.34 Å². The number of guanidine groups is 1. The molecule has 8 heavy (non-hydrogen) atoms. The number of nitrogens with two attached hydrogens (primary N) is 1. The van der Waals surface area contributed by atoms with Crippen molar-refractivity contribution in [2.75, 3.05) is 0 Å². The summed E-state index contributed by atoms with van der Waals surface area (Å²) >= 11 is 0. The van der Waals surface area contributed by atoms with Crippen molar-refractivity contribution in [3.8, 4) is 0 Å². The summed E-state index contributed by atoms with van der Waals surface area (Å²) in [6, 6.07) is 0. The van der Waals surface area contributed by atoms with Crippen LogP contribution in [0.5, 0.6) is 0 Å². The fraction of sp³-hybridized carbons (Fsp3) is 0.333. The lowest BCUT2D eigenvalue weighted by atomic mass is 10.8. The van der Waals surface area contributed by atoms with Crippen molar-refractivity contribution in [2.45, 2.75) is 6.35 Å². The molecule has 0 saturated carbocycles. The minimum atomic E-state index is -1.02. The van der Waals surface area contributed by atoms with Crippen molar-refractivity contribution < 1.29 is 5.11 Å². The monoisotopic (exact) mass is 114 g/mol. The number of hydrogen-bond acceptors (Lipinski definition) is 5. The Balaban J connectivity index is 2.60. The third kappa shape index (κ3) is 0.941. The number of nitrogens with zero attached hydrogens (tertiary/aromatic N) is 2. The molecule has 1 aliphatic rings. The Bertz CT molecular complexity index is 140. The maximum Gasteiger partial charge on any atom is 0.247 e. The van der Waals surface area contributed by atoms with Crippen molar-refractivity contribution in [3.05, 3.63) is 0 Å². The first-order chi connectivity index (χ1) is 3.79. The fourth-order valence-electron chi connectivity index (χ4n) is 0.365. The van der Waals surface area contributed by atoms with Gasteiger partial charge in [0.25, 0.3) is 0 Å². The number of rotatable bonds is 0. The standard InChI is InChI=1S/C3H6N4O/c4-2-5-1-6-3(8)7-2/h1,3,8H,(H3,4,5,6,7). The Morgan fingerprint density at radius 1 is 1.88 bits per heavy atom. The maximum atomic E-state index is 8.57. The third-order valence-corrected chi connectivity index (χ3v) is 0.675. The van der Waals surface area contributed by atoms with Crippen LogP contribution in [-0.4, -0.2) is 23.8 Å². The van der Waals surface area contributed by atoms with E-state index >= 15 is 0 Å². The smallest absolute Gasteiger partial charge is 0.247 e. The van der Waals surface area contributed by atoms with E-state index in [0.29, 0.717) is 0 Å². The second kappa shape index (κ2) is 1.79. The summed E-state index contributed by atoms with van der Waals surface area (Å²) in [5, 5.41) is 11.1. The predicted octanol–water partition coefficient (Wildman–Crippen LogP) is -1.79. The molecule has 1 unspecified atom stereocenters. The first kappa shape index (κ1) is 5.04. The molecular weight excluding hydrogens is 108 g/mol. The lowest BCUT2D eigenvalue weighted by Crippen LogP contribution is -2.35. The second-order valence-corrected chi connectivity index (χ2v) is 1.28. The molecule has 5 heteroatoms. The number of nitrogens with one attached hydrogen (secondary N) is 1. The number of aliphatic hydroxyl groups is 1. The van der Waals surface area contributed by atoms with Gasteiger partial charge in [0, 0.05) is 0 Å². The summed E-state index contributed by atoms with van der Waals surface area (Å²) in [5.74, 6) is 0.188. The van der Waals surface area contributed by atoms with Crippen LogP contribution < -0.4 is 11.1 Å². The van der Waals surface area contributed by atoms with E-state index in [0.717, 1.165) is 0 Å². The zero-order valence-electron chi connectivity index (χ0n) is 4.07. The van der Waals surface area contributed by atoms with Crippen molar-refractivity contribution in [1.82, 2.24) is 5.32 Å². The Hall–Kier alpha value is -1.10. The number of aliphatic imine (C=N–C) groups is 2. The van der Waals surface area contributed by atoms with Crippen LogP contribution >= 0.6 is 0 Å². The summed E-state index contributed by atoms with van der Waals surface area (Å²) in [6.45, 7) is 0. The fourth-order valence-corrected chi connectivity index (χ4v) is 0.365. The third-order valence-electron chi connectivity index (χ3n) is 0.675. The summed E-state index contributed by atoms with van der Waals surface area (Å²) in [7, 11) is 0. The van der Waals surface area contributed by atoms with Crippen LogP contribution in [0.1, 0.15) is 0 Å². The van der Waals surface area contributed by atoms with Gasteiger partial charge in [-0.05, 0) is 0 Å². The van der Waals surface area contributed by atoms with Crippen LogP contribution in [0, 0.1) is 0 Å².